The van der Waals surface area contributed by atoms with Crippen molar-refractivity contribution >= 4 is 41.1 Å². The molecule has 0 saturated carbocycles. The van der Waals surface area contributed by atoms with Gasteiger partial charge in [0, 0.05) is 32.8 Å². The third-order valence-electron chi connectivity index (χ3n) is 6.82. The molecule has 1 aromatic carbocycles. The van der Waals surface area contributed by atoms with E-state index in [1.54, 1.807) is 45.0 Å². The highest BCUT2D eigenvalue weighted by molar-refractivity contribution is 5.87. The maximum Gasteiger partial charge on any atom is 0.408 e. The van der Waals surface area contributed by atoms with Gasteiger partial charge in [-0.05, 0) is 26.3 Å². The molecule has 1 aliphatic rings. The Hall–Kier alpha value is -5.12. The summed E-state index contributed by atoms with van der Waals surface area (Å²) in [5.74, 6) is -2.50. The maximum absolute atomic E-state index is 12.4. The average molecular weight is 656 g/mol. The molecule has 0 aliphatic carbocycles. The van der Waals surface area contributed by atoms with Crippen molar-refractivity contribution in [1.82, 2.24) is 24.8 Å². The zero-order chi connectivity index (χ0) is 34.5. The third kappa shape index (κ3) is 8.78. The van der Waals surface area contributed by atoms with Gasteiger partial charge < -0.3 is 33.7 Å². The standard InChI is InChI=1S/C31H37N5O11/c1-16(37)43-13-22-25(44-17(2)38)26(45-18(3)39)28(46-22)36-15-34-24-23(32-14-33-27(24)36)20-10-8-19(9-11-20)12-21(29(40)42-7)35-30(41)47-31(4,5)6/h8-11,14-15,21-22,25-26,28H,12-13H2,1-7H3,(H,35,41)/t21-,22-,25-,26-,28+/m1/s1. The van der Waals surface area contributed by atoms with E-state index in [0.29, 0.717) is 22.4 Å². The number of esters is 4. The first-order valence-electron chi connectivity index (χ1n) is 14.6. The topological polar surface area (TPSA) is 196 Å². The molecule has 16 nitrogen and oxygen atoms in total. The molecule has 3 aromatic rings. The predicted octanol–water partition coefficient (Wildman–Crippen LogP) is 2.43. The lowest BCUT2D eigenvalue weighted by atomic mass is 10.0. The minimum absolute atomic E-state index is 0.134. The van der Waals surface area contributed by atoms with Gasteiger partial charge in [0.05, 0.1) is 13.4 Å². The zero-order valence-corrected chi connectivity index (χ0v) is 27.0. The summed E-state index contributed by atoms with van der Waals surface area (Å²) in [7, 11) is 1.23. The summed E-state index contributed by atoms with van der Waals surface area (Å²) in [5, 5.41) is 2.55. The van der Waals surface area contributed by atoms with Crippen LogP contribution in [-0.4, -0.2) is 93.2 Å². The maximum atomic E-state index is 12.4. The van der Waals surface area contributed by atoms with Crippen molar-refractivity contribution in [3.8, 4) is 11.3 Å². The Morgan fingerprint density at radius 3 is 2.19 bits per heavy atom. The molecule has 1 saturated heterocycles. The summed E-state index contributed by atoms with van der Waals surface area (Å²) in [6.07, 6.45) is -2.07. The number of imidazole rings is 1. The van der Waals surface area contributed by atoms with E-state index in [9.17, 15) is 24.0 Å². The van der Waals surface area contributed by atoms with E-state index in [4.69, 9.17) is 28.4 Å². The Morgan fingerprint density at radius 2 is 1.60 bits per heavy atom. The largest absolute Gasteiger partial charge is 0.467 e. The van der Waals surface area contributed by atoms with Gasteiger partial charge in [0.15, 0.2) is 24.1 Å². The van der Waals surface area contributed by atoms with E-state index in [1.165, 1.54) is 45.1 Å². The fourth-order valence-corrected chi connectivity index (χ4v) is 4.99. The first-order chi connectivity index (χ1) is 22.2. The van der Waals surface area contributed by atoms with Gasteiger partial charge in [-0.1, -0.05) is 24.3 Å². The molecule has 1 aliphatic heterocycles. The van der Waals surface area contributed by atoms with E-state index in [-0.39, 0.29) is 13.0 Å². The molecule has 1 N–H and O–H groups in total. The normalized spacial score (nSPS) is 19.8. The van der Waals surface area contributed by atoms with E-state index in [1.807, 2.05) is 0 Å². The van der Waals surface area contributed by atoms with Crippen LogP contribution in [-0.2, 0) is 54.0 Å². The molecule has 16 heteroatoms. The molecule has 0 unspecified atom stereocenters. The Kier molecular flexibility index (Phi) is 10.7. The monoisotopic (exact) mass is 655 g/mol. The molecular formula is C31H37N5O11. The number of nitrogens with zero attached hydrogens (tertiary/aromatic N) is 4. The molecule has 5 atom stereocenters. The first-order valence-corrected chi connectivity index (χ1v) is 14.6. The highest BCUT2D eigenvalue weighted by Crippen LogP contribution is 2.37. The second-order valence-electron chi connectivity index (χ2n) is 11.7. The van der Waals surface area contributed by atoms with Crippen LogP contribution >= 0.6 is 0 Å². The van der Waals surface area contributed by atoms with Crippen LogP contribution in [0.15, 0.2) is 36.9 Å². The summed E-state index contributed by atoms with van der Waals surface area (Å²) in [6, 6.07) is 6.11. The van der Waals surface area contributed by atoms with Crippen LogP contribution in [0.3, 0.4) is 0 Å². The highest BCUT2D eigenvalue weighted by atomic mass is 16.7. The van der Waals surface area contributed by atoms with Crippen LogP contribution in [0, 0.1) is 0 Å². The van der Waals surface area contributed by atoms with Gasteiger partial charge in [-0.15, -0.1) is 0 Å². The number of hydrogen-bond donors (Lipinski definition) is 1. The number of benzene rings is 1. The van der Waals surface area contributed by atoms with Crippen LogP contribution in [0.1, 0.15) is 53.3 Å². The van der Waals surface area contributed by atoms with Crippen molar-refractivity contribution in [3.63, 3.8) is 0 Å². The minimum Gasteiger partial charge on any atom is -0.467 e. The Morgan fingerprint density at radius 1 is 0.936 bits per heavy atom. The summed E-state index contributed by atoms with van der Waals surface area (Å²) in [5.41, 5.74) is 1.81. The third-order valence-corrected chi connectivity index (χ3v) is 6.82. The van der Waals surface area contributed by atoms with Gasteiger partial charge >= 0.3 is 30.0 Å². The molecule has 0 radical (unpaired) electrons. The molecule has 2 aromatic heterocycles. The molecule has 4 rings (SSSR count). The summed E-state index contributed by atoms with van der Waals surface area (Å²) in [6.45, 7) is 8.52. The van der Waals surface area contributed by atoms with Crippen molar-refractivity contribution in [2.24, 2.45) is 0 Å². The van der Waals surface area contributed by atoms with Crippen LogP contribution in [0.25, 0.3) is 22.4 Å². The van der Waals surface area contributed by atoms with E-state index >= 15 is 0 Å². The second kappa shape index (κ2) is 14.5. The van der Waals surface area contributed by atoms with Crippen molar-refractivity contribution in [1.29, 1.82) is 0 Å². The molecule has 3 heterocycles. The summed E-state index contributed by atoms with van der Waals surface area (Å²) < 4.78 is 33.9. The number of carbonyl (C=O) groups is 5. The minimum atomic E-state index is -1.12. The van der Waals surface area contributed by atoms with Crippen molar-refractivity contribution in [2.75, 3.05) is 13.7 Å². The van der Waals surface area contributed by atoms with Crippen LogP contribution in [0.4, 0.5) is 4.79 Å². The van der Waals surface area contributed by atoms with Crippen molar-refractivity contribution in [3.05, 3.63) is 42.5 Å². The number of amides is 1. The Bertz CT molecular complexity index is 1630. The zero-order valence-electron chi connectivity index (χ0n) is 27.0. The Balaban J connectivity index is 1.62. The van der Waals surface area contributed by atoms with Gasteiger partial charge in [0.25, 0.3) is 0 Å². The number of methoxy groups -OCH3 is 1. The number of rotatable bonds is 10. The van der Waals surface area contributed by atoms with Gasteiger partial charge in [-0.3, -0.25) is 19.0 Å². The number of nitrogens with one attached hydrogen (secondary N) is 1. The molecule has 1 amide bonds. The highest BCUT2D eigenvalue weighted by Gasteiger charge is 2.51. The number of aromatic nitrogens is 4. The van der Waals surface area contributed by atoms with Gasteiger partial charge in [-0.2, -0.15) is 0 Å². The van der Waals surface area contributed by atoms with Crippen molar-refractivity contribution < 1.29 is 52.4 Å². The van der Waals surface area contributed by atoms with Crippen LogP contribution < -0.4 is 5.32 Å². The van der Waals surface area contributed by atoms with Crippen LogP contribution in [0.2, 0.25) is 0 Å². The molecule has 47 heavy (non-hydrogen) atoms. The number of alkyl carbamates (subject to hydrolysis) is 1. The second-order valence-corrected chi connectivity index (χ2v) is 11.7. The van der Waals surface area contributed by atoms with Gasteiger partial charge in [0.1, 0.15) is 41.9 Å². The van der Waals surface area contributed by atoms with E-state index < -0.39 is 66.2 Å². The van der Waals surface area contributed by atoms with Crippen LogP contribution in [0.5, 0.6) is 0 Å². The summed E-state index contributed by atoms with van der Waals surface area (Å²) >= 11 is 0. The van der Waals surface area contributed by atoms with Gasteiger partial charge in [-0.25, -0.2) is 24.5 Å². The molecule has 0 spiro atoms. The van der Waals surface area contributed by atoms with Crippen molar-refractivity contribution in [2.45, 2.75) is 84.1 Å². The van der Waals surface area contributed by atoms with Gasteiger partial charge in [0.2, 0.25) is 0 Å². The molecule has 252 valence electrons. The number of ether oxygens (including phenoxy) is 6. The number of carbonyl (C=O) groups excluding carboxylic acids is 5. The number of fused-ring (bicyclic) bond motifs is 1. The number of hydrogen-bond acceptors (Lipinski definition) is 14. The summed E-state index contributed by atoms with van der Waals surface area (Å²) in [4.78, 5) is 73.5. The lowest BCUT2D eigenvalue weighted by Gasteiger charge is -2.23. The Labute approximate surface area is 270 Å². The average Bonchev–Trinajstić information content (AvgIpc) is 3.55. The quantitative estimate of drug-likeness (QED) is 0.247. The molecule has 1 fully saturated rings. The lowest BCUT2D eigenvalue weighted by molar-refractivity contribution is -0.166. The lowest BCUT2D eigenvalue weighted by Crippen LogP contribution is -2.45. The van der Waals surface area contributed by atoms with E-state index in [0.717, 1.165) is 5.56 Å². The van der Waals surface area contributed by atoms with E-state index in [2.05, 4.69) is 20.3 Å². The fraction of sp³-hybridized carbons (Fsp3) is 0.484. The smallest absolute Gasteiger partial charge is 0.408 e. The predicted molar refractivity (Wildman–Crippen MR) is 161 cm³/mol. The fourth-order valence-electron chi connectivity index (χ4n) is 4.99. The first kappa shape index (κ1) is 34.7. The molecule has 0 bridgehead atoms. The SMILES string of the molecule is COC(=O)[C@@H](Cc1ccc(-c2ncnc3c2ncn3[C@H]2O[C@H](COC(C)=O)[C@@H](OC(C)=O)[C@H]2OC(C)=O)cc1)NC(=O)OC(C)(C)C. The molecular weight excluding hydrogens is 618 g/mol.